The molecule has 0 unspecified atom stereocenters. The first-order valence-corrected chi connectivity index (χ1v) is 9.56. The van der Waals surface area contributed by atoms with Gasteiger partial charge in [-0.1, -0.05) is 24.3 Å². The van der Waals surface area contributed by atoms with Gasteiger partial charge in [0.05, 0.1) is 17.6 Å². The minimum atomic E-state index is -0.458. The number of para-hydroxylation sites is 1. The average Bonchev–Trinajstić information content (AvgIpc) is 3.39. The van der Waals surface area contributed by atoms with Crippen molar-refractivity contribution in [3.05, 3.63) is 100 Å². The summed E-state index contributed by atoms with van der Waals surface area (Å²) >= 11 is 0. The molecular weight excluding hydrogens is 396 g/mol. The molecule has 4 aromatic rings. The van der Waals surface area contributed by atoms with Crippen LogP contribution in [0.5, 0.6) is 0 Å². The maximum atomic E-state index is 13.0. The van der Waals surface area contributed by atoms with Gasteiger partial charge in [0, 0.05) is 18.3 Å². The maximum absolute atomic E-state index is 13.0. The predicted octanol–water partition coefficient (Wildman–Crippen LogP) is 3.58. The number of anilines is 2. The molecule has 8 heteroatoms. The molecule has 0 aliphatic heterocycles. The van der Waals surface area contributed by atoms with Crippen LogP contribution in [-0.4, -0.2) is 21.2 Å². The number of carbonyl (C=O) groups excluding carboxylic acids is 2. The lowest BCUT2D eigenvalue weighted by Crippen LogP contribution is -2.23. The highest BCUT2D eigenvalue weighted by Crippen LogP contribution is 2.17. The Morgan fingerprint density at radius 1 is 0.903 bits per heavy atom. The van der Waals surface area contributed by atoms with E-state index in [4.69, 9.17) is 4.42 Å². The summed E-state index contributed by atoms with van der Waals surface area (Å²) in [7, 11) is 1.75. The van der Waals surface area contributed by atoms with E-state index in [1.165, 1.54) is 17.0 Å². The van der Waals surface area contributed by atoms with Crippen LogP contribution in [0.2, 0.25) is 0 Å². The van der Waals surface area contributed by atoms with Gasteiger partial charge in [0.15, 0.2) is 5.76 Å². The van der Waals surface area contributed by atoms with Crippen LogP contribution in [-0.2, 0) is 7.05 Å². The number of hydrogen-bond donors (Lipinski definition) is 2. The fourth-order valence-corrected chi connectivity index (χ4v) is 3.24. The fraction of sp³-hybridized carbons (Fsp3) is 0.0870. The van der Waals surface area contributed by atoms with E-state index in [2.05, 4.69) is 10.6 Å². The Labute approximate surface area is 177 Å². The predicted molar refractivity (Wildman–Crippen MR) is 117 cm³/mol. The monoisotopic (exact) mass is 416 g/mol. The molecule has 0 fully saturated rings. The summed E-state index contributed by atoms with van der Waals surface area (Å²) in [6.07, 6.45) is 1.41. The molecule has 2 aromatic carbocycles. The molecule has 0 aliphatic rings. The Bertz CT molecular complexity index is 1300. The Balaban J connectivity index is 1.58. The molecule has 4 rings (SSSR count). The van der Waals surface area contributed by atoms with E-state index in [-0.39, 0.29) is 17.0 Å². The van der Waals surface area contributed by atoms with E-state index < -0.39 is 11.8 Å². The number of aromatic nitrogens is 2. The first kappa shape index (κ1) is 20.0. The molecule has 0 bridgehead atoms. The normalized spacial score (nSPS) is 10.6. The minimum absolute atomic E-state index is 0.163. The SMILES string of the molecule is Cc1c(NC(=O)c2cccc(NC(=O)c3ccco3)c2)c(=O)n(-c2ccccc2)n1C. The molecular formula is C23H20N4O4. The van der Waals surface area contributed by atoms with E-state index in [0.717, 1.165) is 0 Å². The third-order valence-electron chi connectivity index (χ3n) is 4.92. The molecule has 0 atom stereocenters. The summed E-state index contributed by atoms with van der Waals surface area (Å²) in [6, 6.07) is 18.8. The van der Waals surface area contributed by atoms with Crippen molar-refractivity contribution in [3.8, 4) is 5.69 Å². The molecule has 156 valence electrons. The van der Waals surface area contributed by atoms with Gasteiger partial charge in [0.1, 0.15) is 5.69 Å². The molecule has 2 heterocycles. The van der Waals surface area contributed by atoms with Crippen molar-refractivity contribution in [1.29, 1.82) is 0 Å². The topological polar surface area (TPSA) is 98.3 Å². The van der Waals surface area contributed by atoms with Gasteiger partial charge in [0.2, 0.25) is 0 Å². The summed E-state index contributed by atoms with van der Waals surface area (Å²) < 4.78 is 8.25. The molecule has 0 saturated heterocycles. The number of furan rings is 1. The number of nitrogens with zero attached hydrogens (tertiary/aromatic N) is 2. The molecule has 8 nitrogen and oxygen atoms in total. The van der Waals surface area contributed by atoms with Crippen molar-refractivity contribution in [3.63, 3.8) is 0 Å². The van der Waals surface area contributed by atoms with E-state index in [1.54, 1.807) is 49.0 Å². The standard InChI is InChI=1S/C23H20N4O4/c1-15-20(23(30)27(26(15)2)18-10-4-3-5-11-18)25-21(28)16-8-6-9-17(14-16)24-22(29)19-12-7-13-31-19/h3-14H,1-2H3,(H,24,29)(H,25,28). The Hall–Kier alpha value is -4.33. The second kappa shape index (κ2) is 8.19. The quantitative estimate of drug-likeness (QED) is 0.520. The van der Waals surface area contributed by atoms with Crippen LogP contribution in [0, 0.1) is 6.92 Å². The molecule has 2 aromatic heterocycles. The minimum Gasteiger partial charge on any atom is -0.459 e. The van der Waals surface area contributed by atoms with Crippen molar-refractivity contribution in [2.75, 3.05) is 10.6 Å². The van der Waals surface area contributed by atoms with Crippen molar-refractivity contribution >= 4 is 23.2 Å². The molecule has 0 spiro atoms. The summed E-state index contributed by atoms with van der Waals surface area (Å²) in [5.41, 5.74) is 1.90. The molecule has 31 heavy (non-hydrogen) atoms. The summed E-state index contributed by atoms with van der Waals surface area (Å²) in [5.74, 6) is -0.719. The van der Waals surface area contributed by atoms with Gasteiger partial charge < -0.3 is 15.1 Å². The number of hydrogen-bond acceptors (Lipinski definition) is 4. The van der Waals surface area contributed by atoms with Crippen molar-refractivity contribution in [1.82, 2.24) is 9.36 Å². The lowest BCUT2D eigenvalue weighted by molar-refractivity contribution is 0.0993. The van der Waals surface area contributed by atoms with E-state index in [0.29, 0.717) is 22.6 Å². The van der Waals surface area contributed by atoms with Crippen molar-refractivity contribution in [2.45, 2.75) is 6.92 Å². The highest BCUT2D eigenvalue weighted by molar-refractivity contribution is 6.06. The first-order chi connectivity index (χ1) is 15.0. The highest BCUT2D eigenvalue weighted by atomic mass is 16.3. The van der Waals surface area contributed by atoms with Crippen molar-refractivity contribution < 1.29 is 14.0 Å². The van der Waals surface area contributed by atoms with E-state index in [1.807, 2.05) is 30.3 Å². The van der Waals surface area contributed by atoms with Crippen molar-refractivity contribution in [2.24, 2.45) is 7.05 Å². The molecule has 0 saturated carbocycles. The van der Waals surface area contributed by atoms with Gasteiger partial charge >= 0.3 is 0 Å². The second-order valence-corrected chi connectivity index (χ2v) is 6.90. The van der Waals surface area contributed by atoms with Gasteiger partial charge in [-0.3, -0.25) is 19.1 Å². The summed E-state index contributed by atoms with van der Waals surface area (Å²) in [6.45, 7) is 1.76. The van der Waals surface area contributed by atoms with Gasteiger partial charge in [0.25, 0.3) is 17.4 Å². The smallest absolute Gasteiger partial charge is 0.295 e. The number of rotatable bonds is 5. The van der Waals surface area contributed by atoms with Crippen LogP contribution in [0.1, 0.15) is 26.6 Å². The number of benzene rings is 2. The summed E-state index contributed by atoms with van der Waals surface area (Å²) in [5, 5.41) is 5.39. The van der Waals surface area contributed by atoms with Crippen LogP contribution >= 0.6 is 0 Å². The number of amides is 2. The van der Waals surface area contributed by atoms with Gasteiger partial charge in [-0.25, -0.2) is 4.68 Å². The lowest BCUT2D eigenvalue weighted by atomic mass is 10.2. The zero-order valence-corrected chi connectivity index (χ0v) is 17.0. The van der Waals surface area contributed by atoms with Gasteiger partial charge in [-0.2, -0.15) is 0 Å². The first-order valence-electron chi connectivity index (χ1n) is 9.56. The number of nitrogens with one attached hydrogen (secondary N) is 2. The zero-order chi connectivity index (χ0) is 22.0. The fourth-order valence-electron chi connectivity index (χ4n) is 3.24. The third-order valence-corrected chi connectivity index (χ3v) is 4.92. The Morgan fingerprint density at radius 3 is 2.39 bits per heavy atom. The summed E-state index contributed by atoms with van der Waals surface area (Å²) in [4.78, 5) is 38.0. The molecule has 2 amide bonds. The van der Waals surface area contributed by atoms with Gasteiger partial charge in [-0.15, -0.1) is 0 Å². The van der Waals surface area contributed by atoms with E-state index >= 15 is 0 Å². The van der Waals surface area contributed by atoms with Crippen LogP contribution < -0.4 is 16.2 Å². The second-order valence-electron chi connectivity index (χ2n) is 6.90. The molecule has 0 aliphatic carbocycles. The highest BCUT2D eigenvalue weighted by Gasteiger charge is 2.19. The molecule has 2 N–H and O–H groups in total. The van der Waals surface area contributed by atoms with Crippen LogP contribution in [0.3, 0.4) is 0 Å². The Morgan fingerprint density at radius 2 is 1.68 bits per heavy atom. The lowest BCUT2D eigenvalue weighted by Gasteiger charge is -2.07. The number of carbonyl (C=O) groups is 2. The van der Waals surface area contributed by atoms with Gasteiger partial charge in [-0.05, 0) is 49.4 Å². The van der Waals surface area contributed by atoms with Crippen LogP contribution in [0.15, 0.2) is 82.2 Å². The largest absolute Gasteiger partial charge is 0.459 e. The van der Waals surface area contributed by atoms with E-state index in [9.17, 15) is 14.4 Å². The molecule has 0 radical (unpaired) electrons. The average molecular weight is 416 g/mol. The maximum Gasteiger partial charge on any atom is 0.295 e. The third kappa shape index (κ3) is 3.91. The van der Waals surface area contributed by atoms with Crippen LogP contribution in [0.25, 0.3) is 5.69 Å². The Kier molecular flexibility index (Phi) is 5.28. The zero-order valence-electron chi connectivity index (χ0n) is 17.0. The van der Waals surface area contributed by atoms with Crippen LogP contribution in [0.4, 0.5) is 11.4 Å².